The van der Waals surface area contributed by atoms with Crippen LogP contribution in [0, 0.1) is 5.41 Å². The van der Waals surface area contributed by atoms with Crippen LogP contribution in [0.15, 0.2) is 71.6 Å². The molecule has 2 aliphatic rings. The summed E-state index contributed by atoms with van der Waals surface area (Å²) in [5.41, 5.74) is 7.00. The van der Waals surface area contributed by atoms with E-state index in [1.807, 2.05) is 41.3 Å². The molecular formula is C29H33N5O4S. The van der Waals surface area contributed by atoms with Gasteiger partial charge in [0.05, 0.1) is 4.90 Å². The number of likely N-dealkylation sites (tertiary alicyclic amines) is 2. The Labute approximate surface area is 228 Å². The molecule has 204 valence electrons. The second-order valence-corrected chi connectivity index (χ2v) is 11.9. The zero-order chi connectivity index (χ0) is 27.6. The summed E-state index contributed by atoms with van der Waals surface area (Å²) in [6.45, 7) is 1.58. The quantitative estimate of drug-likeness (QED) is 0.294. The van der Waals surface area contributed by atoms with Gasteiger partial charge < -0.3 is 15.5 Å². The summed E-state index contributed by atoms with van der Waals surface area (Å²) in [5.74, 6) is -0.550. The molecule has 0 aromatic heterocycles. The van der Waals surface area contributed by atoms with E-state index in [0.29, 0.717) is 25.1 Å². The summed E-state index contributed by atoms with van der Waals surface area (Å²) in [6.07, 6.45) is 3.49. The summed E-state index contributed by atoms with van der Waals surface area (Å²) >= 11 is 0. The van der Waals surface area contributed by atoms with Crippen LogP contribution in [0.3, 0.4) is 0 Å². The maximum atomic E-state index is 13.7. The Hall–Kier alpha value is -3.76. The average Bonchev–Trinajstić information content (AvgIpc) is 3.30. The molecule has 0 spiro atoms. The molecule has 0 aliphatic carbocycles. The van der Waals surface area contributed by atoms with Crippen molar-refractivity contribution in [2.75, 3.05) is 19.6 Å². The van der Waals surface area contributed by atoms with Gasteiger partial charge in [-0.1, -0.05) is 54.6 Å². The fraction of sp³-hybridized carbons (Fsp3) is 0.345. The largest absolute Gasteiger partial charge is 0.384 e. The fourth-order valence-electron chi connectivity index (χ4n) is 5.41. The maximum absolute atomic E-state index is 13.7. The Kier molecular flexibility index (Phi) is 7.67. The minimum Gasteiger partial charge on any atom is -0.384 e. The summed E-state index contributed by atoms with van der Waals surface area (Å²) in [7, 11) is -3.95. The van der Waals surface area contributed by atoms with Crippen LogP contribution in [0.4, 0.5) is 0 Å². The number of hydrogen-bond acceptors (Lipinski definition) is 5. The molecule has 10 heteroatoms. The van der Waals surface area contributed by atoms with Gasteiger partial charge in [0, 0.05) is 31.6 Å². The SMILES string of the molecule is N=C(N)c1ccc(C[C@H](C(=O)N2CCCCC2)N2CC[C@H](NS(=O)(=O)c3ccc4ccccc4c3)C2=O)cc1. The van der Waals surface area contributed by atoms with Crippen LogP contribution in [0.1, 0.15) is 36.8 Å². The van der Waals surface area contributed by atoms with Gasteiger partial charge in [-0.3, -0.25) is 15.0 Å². The van der Waals surface area contributed by atoms with Gasteiger partial charge in [-0.15, -0.1) is 0 Å². The molecule has 4 N–H and O–H groups in total. The van der Waals surface area contributed by atoms with E-state index < -0.39 is 28.0 Å². The number of nitrogens with two attached hydrogens (primary N) is 1. The molecule has 0 radical (unpaired) electrons. The number of nitrogens with zero attached hydrogens (tertiary/aromatic N) is 2. The summed E-state index contributed by atoms with van der Waals surface area (Å²) in [6, 6.07) is 17.8. The van der Waals surface area contributed by atoms with E-state index in [1.54, 1.807) is 24.3 Å². The number of carbonyl (C=O) groups excluding carboxylic acids is 2. The molecule has 2 atom stereocenters. The number of carbonyl (C=O) groups is 2. The standard InChI is InChI=1S/C29H33N5O4S/c30-27(31)22-10-8-20(9-11-22)18-26(29(36)33-15-4-1-5-16-33)34-17-14-25(28(34)35)32-39(37,38)24-13-12-21-6-2-3-7-23(21)19-24/h2-3,6-13,19,25-26,32H,1,4-5,14-18H2,(H3,30,31)/t25-,26+/m0/s1. The van der Waals surface area contributed by atoms with Crippen molar-refractivity contribution in [1.29, 1.82) is 5.41 Å². The van der Waals surface area contributed by atoms with Crippen LogP contribution in [0.5, 0.6) is 0 Å². The molecule has 2 heterocycles. The van der Waals surface area contributed by atoms with Crippen molar-refractivity contribution < 1.29 is 18.0 Å². The highest BCUT2D eigenvalue weighted by Gasteiger charge is 2.42. The van der Waals surface area contributed by atoms with E-state index in [1.165, 1.54) is 11.0 Å². The number of benzene rings is 3. The number of rotatable bonds is 8. The summed E-state index contributed by atoms with van der Waals surface area (Å²) in [4.78, 5) is 30.7. The van der Waals surface area contributed by atoms with Gasteiger partial charge >= 0.3 is 0 Å². The molecule has 0 unspecified atom stereocenters. The lowest BCUT2D eigenvalue weighted by Gasteiger charge is -2.34. The Morgan fingerprint density at radius 2 is 1.67 bits per heavy atom. The maximum Gasteiger partial charge on any atom is 0.245 e. The molecule has 2 aliphatic heterocycles. The predicted octanol–water partition coefficient (Wildman–Crippen LogP) is 2.63. The minimum absolute atomic E-state index is 0.0428. The first-order valence-electron chi connectivity index (χ1n) is 13.3. The van der Waals surface area contributed by atoms with Crippen molar-refractivity contribution in [1.82, 2.24) is 14.5 Å². The van der Waals surface area contributed by atoms with Crippen LogP contribution >= 0.6 is 0 Å². The van der Waals surface area contributed by atoms with Gasteiger partial charge in [0.15, 0.2) is 0 Å². The van der Waals surface area contributed by atoms with Gasteiger partial charge in [-0.2, -0.15) is 4.72 Å². The molecule has 5 rings (SSSR count). The lowest BCUT2D eigenvalue weighted by Crippen LogP contribution is -2.53. The number of sulfonamides is 1. The summed E-state index contributed by atoms with van der Waals surface area (Å²) < 4.78 is 29.0. The van der Waals surface area contributed by atoms with Crippen LogP contribution in [-0.2, 0) is 26.0 Å². The lowest BCUT2D eigenvalue weighted by molar-refractivity contribution is -0.144. The van der Waals surface area contributed by atoms with E-state index in [9.17, 15) is 18.0 Å². The van der Waals surface area contributed by atoms with E-state index in [2.05, 4.69) is 4.72 Å². The number of nitrogen functional groups attached to an aromatic ring is 1. The first-order chi connectivity index (χ1) is 18.7. The molecule has 3 aromatic carbocycles. The molecule has 9 nitrogen and oxygen atoms in total. The lowest BCUT2D eigenvalue weighted by atomic mass is 10.0. The number of nitrogens with one attached hydrogen (secondary N) is 2. The van der Waals surface area contributed by atoms with Crippen molar-refractivity contribution in [2.45, 2.75) is 49.1 Å². The third-order valence-corrected chi connectivity index (χ3v) is 9.06. The predicted molar refractivity (Wildman–Crippen MR) is 150 cm³/mol. The monoisotopic (exact) mass is 547 g/mol. The zero-order valence-corrected chi connectivity index (χ0v) is 22.5. The third kappa shape index (κ3) is 5.81. The molecular weight excluding hydrogens is 514 g/mol. The van der Waals surface area contributed by atoms with Crippen molar-refractivity contribution >= 4 is 38.4 Å². The first-order valence-corrected chi connectivity index (χ1v) is 14.7. The normalized spacial score (nSPS) is 18.9. The van der Waals surface area contributed by atoms with E-state index in [4.69, 9.17) is 11.1 Å². The van der Waals surface area contributed by atoms with E-state index in [0.717, 1.165) is 35.6 Å². The highest BCUT2D eigenvalue weighted by atomic mass is 32.2. The Morgan fingerprint density at radius 3 is 2.36 bits per heavy atom. The van der Waals surface area contributed by atoms with Crippen LogP contribution in [0.2, 0.25) is 0 Å². The van der Waals surface area contributed by atoms with Gasteiger partial charge in [0.2, 0.25) is 21.8 Å². The highest BCUT2D eigenvalue weighted by Crippen LogP contribution is 2.24. The molecule has 2 fully saturated rings. The number of amides is 2. The molecule has 0 saturated carbocycles. The summed E-state index contributed by atoms with van der Waals surface area (Å²) in [5, 5.41) is 9.34. The van der Waals surface area contributed by atoms with Crippen LogP contribution < -0.4 is 10.5 Å². The second kappa shape index (κ2) is 11.2. The zero-order valence-electron chi connectivity index (χ0n) is 21.7. The smallest absolute Gasteiger partial charge is 0.245 e. The molecule has 2 saturated heterocycles. The highest BCUT2D eigenvalue weighted by molar-refractivity contribution is 7.89. The first kappa shape index (κ1) is 26.8. The molecule has 0 bridgehead atoms. The average molecular weight is 548 g/mol. The van der Waals surface area contributed by atoms with Crippen molar-refractivity contribution in [3.05, 3.63) is 77.9 Å². The Morgan fingerprint density at radius 1 is 0.974 bits per heavy atom. The minimum atomic E-state index is -3.95. The molecule has 2 amide bonds. The van der Waals surface area contributed by atoms with Crippen molar-refractivity contribution in [3.8, 4) is 0 Å². The second-order valence-electron chi connectivity index (χ2n) is 10.2. The van der Waals surface area contributed by atoms with Gasteiger partial charge in [-0.25, -0.2) is 8.42 Å². The third-order valence-electron chi connectivity index (χ3n) is 7.59. The van der Waals surface area contributed by atoms with E-state index in [-0.39, 0.29) is 29.6 Å². The number of hydrogen-bond donors (Lipinski definition) is 3. The number of fused-ring (bicyclic) bond motifs is 1. The topological polar surface area (TPSA) is 137 Å². The van der Waals surface area contributed by atoms with Gasteiger partial charge in [-0.05, 0) is 54.2 Å². The van der Waals surface area contributed by atoms with Gasteiger partial charge in [0.25, 0.3) is 0 Å². The number of piperidine rings is 1. The number of amidine groups is 1. The van der Waals surface area contributed by atoms with Crippen LogP contribution in [0.25, 0.3) is 10.8 Å². The fourth-order valence-corrected chi connectivity index (χ4v) is 6.67. The van der Waals surface area contributed by atoms with Crippen molar-refractivity contribution in [2.24, 2.45) is 5.73 Å². The molecule has 39 heavy (non-hydrogen) atoms. The Bertz CT molecular complexity index is 1500. The molecule has 3 aromatic rings. The van der Waals surface area contributed by atoms with Crippen LogP contribution in [-0.4, -0.2) is 67.6 Å². The van der Waals surface area contributed by atoms with Gasteiger partial charge in [0.1, 0.15) is 17.9 Å². The van der Waals surface area contributed by atoms with E-state index >= 15 is 0 Å². The van der Waals surface area contributed by atoms with Crippen molar-refractivity contribution in [3.63, 3.8) is 0 Å². The Balaban J connectivity index is 1.36.